The first-order valence-electron chi connectivity index (χ1n) is 8.01. The van der Waals surface area contributed by atoms with Crippen LogP contribution in [0.25, 0.3) is 0 Å². The maximum atomic E-state index is 6.18. The third kappa shape index (κ3) is 3.59. The minimum atomic E-state index is -0.0778. The van der Waals surface area contributed by atoms with Gasteiger partial charge in [-0.25, -0.2) is 4.57 Å². The maximum Gasteiger partial charge on any atom is 0.168 e. The van der Waals surface area contributed by atoms with E-state index in [9.17, 15) is 0 Å². The van der Waals surface area contributed by atoms with E-state index in [4.69, 9.17) is 21.1 Å². The molecule has 0 amide bonds. The van der Waals surface area contributed by atoms with Crippen LogP contribution in [0, 0.1) is 0 Å². The summed E-state index contributed by atoms with van der Waals surface area (Å²) in [6, 6.07) is 15.6. The number of methoxy groups -OCH3 is 1. The number of fused-ring (bicyclic) bond motifs is 2. The Morgan fingerprint density at radius 2 is 1.77 bits per heavy atom. The molecule has 0 fully saturated rings. The summed E-state index contributed by atoms with van der Waals surface area (Å²) < 4.78 is 13.6. The van der Waals surface area contributed by atoms with Crippen LogP contribution >= 0.6 is 11.6 Å². The summed E-state index contributed by atoms with van der Waals surface area (Å²) in [5.41, 5.74) is 3.01. The number of ether oxygens (including phenoxy) is 2. The fourth-order valence-corrected chi connectivity index (χ4v) is 3.17. The second kappa shape index (κ2) is 7.72. The van der Waals surface area contributed by atoms with Gasteiger partial charge in [-0.05, 0) is 42.0 Å². The first-order valence-corrected chi connectivity index (χ1v) is 8.39. The topological polar surface area (TPSA) is 34.4 Å². The molecular formula is C20H18ClIN2O2. The van der Waals surface area contributed by atoms with Gasteiger partial charge in [-0.15, -0.1) is 0 Å². The smallest absolute Gasteiger partial charge is 0.168 e. The molecule has 0 saturated carbocycles. The van der Waals surface area contributed by atoms with E-state index in [-0.39, 0.29) is 30.0 Å². The highest BCUT2D eigenvalue weighted by Gasteiger charge is 2.25. The highest BCUT2D eigenvalue weighted by atomic mass is 127. The number of nitrogens with zero attached hydrogens (tertiary/aromatic N) is 1. The van der Waals surface area contributed by atoms with Gasteiger partial charge in [-0.3, -0.25) is 0 Å². The van der Waals surface area contributed by atoms with Gasteiger partial charge in [0, 0.05) is 22.7 Å². The van der Waals surface area contributed by atoms with Crippen molar-refractivity contribution in [2.45, 2.75) is 6.04 Å². The van der Waals surface area contributed by atoms with Gasteiger partial charge in [-0.1, -0.05) is 11.6 Å². The molecule has 0 bridgehead atoms. The number of aryl methyl sites for hydroxylation is 1. The second-order valence-corrected chi connectivity index (χ2v) is 6.46. The molecule has 134 valence electrons. The minimum absolute atomic E-state index is 0. The predicted octanol–water partition coefficient (Wildman–Crippen LogP) is 1.48. The number of aromatic nitrogens is 1. The second-order valence-electron chi connectivity index (χ2n) is 6.02. The minimum Gasteiger partial charge on any atom is -1.00 e. The molecule has 2 heterocycles. The van der Waals surface area contributed by atoms with Crippen molar-refractivity contribution in [1.82, 2.24) is 0 Å². The molecule has 1 atom stereocenters. The monoisotopic (exact) mass is 480 g/mol. The van der Waals surface area contributed by atoms with Crippen molar-refractivity contribution in [3.63, 3.8) is 0 Å². The van der Waals surface area contributed by atoms with Crippen LogP contribution in [0.2, 0.25) is 5.02 Å². The average Bonchev–Trinajstić information content (AvgIpc) is 2.78. The number of rotatable bonds is 2. The van der Waals surface area contributed by atoms with Crippen molar-refractivity contribution < 1.29 is 38.0 Å². The Hall–Kier alpha value is -1.99. The lowest BCUT2D eigenvalue weighted by Crippen LogP contribution is -3.00. The summed E-state index contributed by atoms with van der Waals surface area (Å²) in [7, 11) is 3.66. The number of hydrogen-bond donors (Lipinski definition) is 1. The van der Waals surface area contributed by atoms with Crippen molar-refractivity contribution in [1.29, 1.82) is 0 Å². The van der Waals surface area contributed by atoms with Gasteiger partial charge in [0.05, 0.1) is 18.8 Å². The molecule has 1 N–H and O–H groups in total. The number of pyridine rings is 1. The number of hydrogen-bond acceptors (Lipinski definition) is 3. The highest BCUT2D eigenvalue weighted by molar-refractivity contribution is 6.30. The largest absolute Gasteiger partial charge is 1.00 e. The summed E-state index contributed by atoms with van der Waals surface area (Å²) >= 11 is 6.18. The van der Waals surface area contributed by atoms with E-state index in [1.165, 1.54) is 0 Å². The molecule has 1 aliphatic rings. The number of halogens is 2. The maximum absolute atomic E-state index is 6.18. The van der Waals surface area contributed by atoms with Crippen LogP contribution in [0.15, 0.2) is 60.9 Å². The third-order valence-electron chi connectivity index (χ3n) is 4.33. The van der Waals surface area contributed by atoms with Gasteiger partial charge in [0.25, 0.3) is 0 Å². The molecular weight excluding hydrogens is 463 g/mol. The van der Waals surface area contributed by atoms with Crippen molar-refractivity contribution >= 4 is 17.3 Å². The Balaban J connectivity index is 0.00000196. The first kappa shape index (κ1) is 18.8. The van der Waals surface area contributed by atoms with E-state index in [0.717, 1.165) is 34.1 Å². The quantitative estimate of drug-likeness (QED) is 0.446. The van der Waals surface area contributed by atoms with Gasteiger partial charge in [-0.2, -0.15) is 0 Å². The highest BCUT2D eigenvalue weighted by Crippen LogP contribution is 2.44. The van der Waals surface area contributed by atoms with Crippen molar-refractivity contribution in [2.75, 3.05) is 12.4 Å². The molecule has 6 heteroatoms. The molecule has 3 aromatic rings. The van der Waals surface area contributed by atoms with E-state index in [0.29, 0.717) is 5.02 Å². The zero-order chi connectivity index (χ0) is 17.4. The normalized spacial score (nSPS) is 14.7. The zero-order valence-corrected chi connectivity index (χ0v) is 17.3. The van der Waals surface area contributed by atoms with E-state index >= 15 is 0 Å². The van der Waals surface area contributed by atoms with E-state index in [1.807, 2.05) is 60.4 Å². The molecule has 4 nitrogen and oxygen atoms in total. The van der Waals surface area contributed by atoms with Crippen LogP contribution in [0.1, 0.15) is 17.2 Å². The summed E-state index contributed by atoms with van der Waals surface area (Å²) in [5, 5.41) is 4.23. The number of benzene rings is 2. The van der Waals surface area contributed by atoms with E-state index in [1.54, 1.807) is 7.11 Å². The number of nitrogens with one attached hydrogen (secondary N) is 1. The SMILES string of the molecule is COc1ccc2c(c1)C(c1cc[n+](C)cc1)Nc1cc(Cl)ccc1O2.[I-]. The Labute approximate surface area is 174 Å². The molecule has 0 radical (unpaired) electrons. The van der Waals surface area contributed by atoms with Crippen LogP contribution in [0.5, 0.6) is 17.2 Å². The van der Waals surface area contributed by atoms with Gasteiger partial charge in [0.1, 0.15) is 18.5 Å². The van der Waals surface area contributed by atoms with Gasteiger partial charge in [0.15, 0.2) is 18.1 Å². The van der Waals surface area contributed by atoms with Crippen molar-refractivity contribution in [2.24, 2.45) is 7.05 Å². The lowest BCUT2D eigenvalue weighted by atomic mass is 9.98. The molecule has 0 saturated heterocycles. The molecule has 1 unspecified atom stereocenters. The Kier molecular flexibility index (Phi) is 5.58. The summed E-state index contributed by atoms with van der Waals surface area (Å²) in [6.45, 7) is 0. The molecule has 2 aromatic carbocycles. The van der Waals surface area contributed by atoms with E-state index < -0.39 is 0 Å². The summed E-state index contributed by atoms with van der Waals surface area (Å²) in [4.78, 5) is 0. The van der Waals surface area contributed by atoms with Crippen LogP contribution in [-0.2, 0) is 7.05 Å². The van der Waals surface area contributed by atoms with Crippen molar-refractivity contribution in [3.8, 4) is 17.2 Å². The van der Waals surface area contributed by atoms with Crippen LogP contribution in [0.4, 0.5) is 5.69 Å². The lowest BCUT2D eigenvalue weighted by Gasteiger charge is -2.19. The van der Waals surface area contributed by atoms with Gasteiger partial charge >= 0.3 is 0 Å². The zero-order valence-electron chi connectivity index (χ0n) is 14.4. The molecule has 0 spiro atoms. The Morgan fingerprint density at radius 1 is 1.04 bits per heavy atom. The van der Waals surface area contributed by atoms with Crippen LogP contribution in [0.3, 0.4) is 0 Å². The fraction of sp³-hybridized carbons (Fsp3) is 0.150. The summed E-state index contributed by atoms with van der Waals surface area (Å²) in [6.07, 6.45) is 4.06. The average molecular weight is 481 g/mol. The summed E-state index contributed by atoms with van der Waals surface area (Å²) in [5.74, 6) is 2.34. The number of anilines is 1. The molecule has 0 aliphatic carbocycles. The van der Waals surface area contributed by atoms with Crippen LogP contribution < -0.4 is 43.3 Å². The van der Waals surface area contributed by atoms with Crippen molar-refractivity contribution in [3.05, 3.63) is 77.1 Å². The predicted molar refractivity (Wildman–Crippen MR) is 97.6 cm³/mol. The molecule has 1 aromatic heterocycles. The Morgan fingerprint density at radius 3 is 2.50 bits per heavy atom. The lowest BCUT2D eigenvalue weighted by molar-refractivity contribution is -0.671. The molecule has 4 rings (SSSR count). The first-order chi connectivity index (χ1) is 12.1. The fourth-order valence-electron chi connectivity index (χ4n) is 3.00. The van der Waals surface area contributed by atoms with Crippen LogP contribution in [-0.4, -0.2) is 7.11 Å². The standard InChI is InChI=1S/C20H18ClN2O2.HI/c1-23-9-7-13(8-10-23)20-16-12-15(24-2)4-6-18(16)25-19-5-3-14(21)11-17(19)22-20;/h3-12,20,22H,1-2H3;1H/q+1;/p-1. The Bertz CT molecular complexity index is 932. The van der Waals surface area contributed by atoms with Gasteiger partial charge < -0.3 is 38.8 Å². The molecule has 1 aliphatic heterocycles. The third-order valence-corrected chi connectivity index (χ3v) is 4.56. The van der Waals surface area contributed by atoms with Gasteiger partial charge in [0.2, 0.25) is 0 Å². The molecule has 26 heavy (non-hydrogen) atoms. The van der Waals surface area contributed by atoms with E-state index in [2.05, 4.69) is 17.4 Å².